The van der Waals surface area contributed by atoms with Gasteiger partial charge < -0.3 is 10.6 Å². The average molecular weight is 384 g/mol. The molecule has 1 saturated heterocycles. The molecule has 1 fully saturated rings. The second-order valence-electron chi connectivity index (χ2n) is 6.72. The number of carbonyl (C=O) groups excluding carboxylic acids is 1. The summed E-state index contributed by atoms with van der Waals surface area (Å²) in [7, 11) is -3.51. The van der Waals surface area contributed by atoms with Gasteiger partial charge >= 0.3 is 6.03 Å². The maximum absolute atomic E-state index is 12.8. The van der Waals surface area contributed by atoms with Crippen molar-refractivity contribution in [3.8, 4) is 0 Å². The second kappa shape index (κ2) is 7.13. The monoisotopic (exact) mass is 384 g/mol. The van der Waals surface area contributed by atoms with E-state index in [1.807, 2.05) is 12.1 Å². The molecule has 2 heterocycles. The van der Waals surface area contributed by atoms with E-state index in [9.17, 15) is 13.2 Å². The van der Waals surface area contributed by atoms with Gasteiger partial charge in [0, 0.05) is 37.2 Å². The molecule has 0 spiro atoms. The third kappa shape index (κ3) is 3.72. The number of carbonyl (C=O) groups is 1. The van der Waals surface area contributed by atoms with Crippen molar-refractivity contribution in [2.24, 2.45) is 5.92 Å². The lowest BCUT2D eigenvalue weighted by Crippen LogP contribution is -2.35. The average Bonchev–Trinajstić information content (AvgIpc) is 3.32. The van der Waals surface area contributed by atoms with Crippen LogP contribution in [0.1, 0.15) is 12.0 Å². The van der Waals surface area contributed by atoms with E-state index in [0.29, 0.717) is 24.7 Å². The van der Waals surface area contributed by atoms with Gasteiger partial charge in [-0.15, -0.1) is 0 Å². The smallest absolute Gasteiger partial charge is 0.319 e. The first-order valence-corrected chi connectivity index (χ1v) is 10.2. The summed E-state index contributed by atoms with van der Waals surface area (Å²) in [6, 6.07) is 9.53. The second-order valence-corrected chi connectivity index (χ2v) is 8.61. The van der Waals surface area contributed by atoms with Crippen molar-refractivity contribution in [2.45, 2.75) is 23.9 Å². The molecule has 1 aromatic carbocycles. The summed E-state index contributed by atoms with van der Waals surface area (Å²) >= 11 is 0. The van der Waals surface area contributed by atoms with Crippen molar-refractivity contribution in [3.05, 3.63) is 66.5 Å². The Morgan fingerprint density at radius 3 is 2.63 bits per heavy atom. The molecule has 1 aliphatic heterocycles. The molecule has 140 valence electrons. The number of pyridine rings is 1. The normalized spacial score (nSPS) is 21.3. The minimum absolute atomic E-state index is 0.0314. The fraction of sp³-hybridized carbons (Fsp3) is 0.263. The summed E-state index contributed by atoms with van der Waals surface area (Å²) in [5, 5.41) is 5.43. The quantitative estimate of drug-likeness (QED) is 0.774. The highest BCUT2D eigenvalue weighted by Crippen LogP contribution is 2.35. The lowest BCUT2D eigenvalue weighted by atomic mass is 10.2. The maximum atomic E-state index is 12.8. The largest absolute Gasteiger partial charge is 0.334 e. The third-order valence-electron chi connectivity index (χ3n) is 4.83. The maximum Gasteiger partial charge on any atom is 0.319 e. The van der Waals surface area contributed by atoms with Crippen LogP contribution >= 0.6 is 0 Å². The van der Waals surface area contributed by atoms with Crippen LogP contribution in [0.2, 0.25) is 0 Å². The van der Waals surface area contributed by atoms with E-state index in [1.54, 1.807) is 34.9 Å². The van der Waals surface area contributed by atoms with Gasteiger partial charge in [-0.3, -0.25) is 4.98 Å². The van der Waals surface area contributed by atoms with Gasteiger partial charge in [0.15, 0.2) is 0 Å². The molecule has 0 saturated carbocycles. The molecule has 4 rings (SSSR count). The van der Waals surface area contributed by atoms with Gasteiger partial charge in [0.2, 0.25) is 10.0 Å². The first-order chi connectivity index (χ1) is 13.0. The van der Waals surface area contributed by atoms with Gasteiger partial charge in [0.05, 0.1) is 4.90 Å². The predicted octanol–water partition coefficient (Wildman–Crippen LogP) is 2.35. The topological polar surface area (TPSA) is 91.4 Å². The number of urea groups is 1. The van der Waals surface area contributed by atoms with Gasteiger partial charge in [-0.25, -0.2) is 13.2 Å². The van der Waals surface area contributed by atoms with Crippen molar-refractivity contribution >= 4 is 21.7 Å². The number of benzene rings is 1. The van der Waals surface area contributed by atoms with Crippen molar-refractivity contribution in [3.63, 3.8) is 0 Å². The van der Waals surface area contributed by atoms with E-state index in [2.05, 4.69) is 21.7 Å². The Hall–Kier alpha value is -2.71. The molecule has 1 aliphatic carbocycles. The van der Waals surface area contributed by atoms with E-state index in [1.165, 1.54) is 12.1 Å². The molecule has 2 bridgehead atoms. The highest BCUT2D eigenvalue weighted by Gasteiger charge is 2.41. The molecule has 2 aliphatic rings. The number of rotatable bonds is 5. The summed E-state index contributed by atoms with van der Waals surface area (Å²) in [6.45, 7) is 0.900. The van der Waals surface area contributed by atoms with E-state index < -0.39 is 10.0 Å². The molecule has 8 heteroatoms. The van der Waals surface area contributed by atoms with Crippen LogP contribution in [0, 0.1) is 5.92 Å². The van der Waals surface area contributed by atoms with E-state index >= 15 is 0 Å². The van der Waals surface area contributed by atoms with Crippen LogP contribution in [-0.4, -0.2) is 36.3 Å². The highest BCUT2D eigenvalue weighted by atomic mass is 32.2. The third-order valence-corrected chi connectivity index (χ3v) is 6.73. The molecule has 0 radical (unpaired) electrons. The van der Waals surface area contributed by atoms with E-state index in [-0.39, 0.29) is 17.0 Å². The number of nitrogens with zero attached hydrogens (tertiary/aromatic N) is 2. The van der Waals surface area contributed by atoms with Crippen molar-refractivity contribution in [1.29, 1.82) is 0 Å². The Kier molecular flexibility index (Phi) is 4.67. The molecule has 2 aromatic rings. The van der Waals surface area contributed by atoms with Crippen LogP contribution in [0.4, 0.5) is 10.5 Å². The van der Waals surface area contributed by atoms with Crippen LogP contribution in [-0.2, 0) is 16.6 Å². The number of sulfonamides is 1. The molecule has 2 N–H and O–H groups in total. The summed E-state index contributed by atoms with van der Waals surface area (Å²) in [6.07, 6.45) is 8.28. The first kappa shape index (κ1) is 17.7. The molecular weight excluding hydrogens is 364 g/mol. The first-order valence-electron chi connectivity index (χ1n) is 8.76. The molecular formula is C19H20N4O3S. The zero-order chi connectivity index (χ0) is 18.9. The zero-order valence-electron chi connectivity index (χ0n) is 14.6. The predicted molar refractivity (Wildman–Crippen MR) is 101 cm³/mol. The number of amides is 2. The Labute approximate surface area is 158 Å². The Balaban J connectivity index is 1.37. The van der Waals surface area contributed by atoms with Gasteiger partial charge in [-0.1, -0.05) is 18.2 Å². The summed E-state index contributed by atoms with van der Waals surface area (Å²) in [5.41, 5.74) is 1.42. The van der Waals surface area contributed by atoms with Crippen LogP contribution in [0.5, 0.6) is 0 Å². The Morgan fingerprint density at radius 1 is 1.19 bits per heavy atom. The standard InChI is InChI=1S/C19H20N4O3S/c24-19(21-12-15-2-1-9-20-11-15)22-16-4-7-18(8-5-16)27(25,26)23-13-14-3-6-17(23)10-14/h1-9,11,14,17H,10,12-13H2,(H2,21,22,24). The molecule has 2 atom stereocenters. The van der Waals surface area contributed by atoms with E-state index in [0.717, 1.165) is 12.0 Å². The molecule has 7 nitrogen and oxygen atoms in total. The van der Waals surface area contributed by atoms with E-state index in [4.69, 9.17) is 0 Å². The molecule has 1 aromatic heterocycles. The number of fused-ring (bicyclic) bond motifs is 2. The number of aromatic nitrogens is 1. The van der Waals surface area contributed by atoms with Crippen LogP contribution in [0.25, 0.3) is 0 Å². The van der Waals surface area contributed by atoms with Gasteiger partial charge in [-0.05, 0) is 48.2 Å². The van der Waals surface area contributed by atoms with Crippen LogP contribution < -0.4 is 10.6 Å². The summed E-state index contributed by atoms with van der Waals surface area (Å²) in [5.74, 6) is 0.328. The fourth-order valence-corrected chi connectivity index (χ4v) is 5.10. The number of hydrogen-bond donors (Lipinski definition) is 2. The highest BCUT2D eigenvalue weighted by molar-refractivity contribution is 7.89. The Morgan fingerprint density at radius 2 is 2.00 bits per heavy atom. The van der Waals surface area contributed by atoms with Crippen LogP contribution in [0.3, 0.4) is 0 Å². The lowest BCUT2D eigenvalue weighted by molar-refractivity contribution is 0.251. The number of anilines is 1. The number of hydrogen-bond acceptors (Lipinski definition) is 4. The molecule has 2 unspecified atom stereocenters. The summed E-state index contributed by atoms with van der Waals surface area (Å²) < 4.78 is 27.2. The molecule has 27 heavy (non-hydrogen) atoms. The van der Waals surface area contributed by atoms with Crippen molar-refractivity contribution < 1.29 is 13.2 Å². The van der Waals surface area contributed by atoms with Crippen molar-refractivity contribution in [1.82, 2.24) is 14.6 Å². The molecule has 2 amide bonds. The SMILES string of the molecule is O=C(NCc1cccnc1)Nc1ccc(S(=O)(=O)N2CC3C=CC2C3)cc1. The summed E-state index contributed by atoms with van der Waals surface area (Å²) in [4.78, 5) is 16.2. The fourth-order valence-electron chi connectivity index (χ4n) is 3.45. The lowest BCUT2D eigenvalue weighted by Gasteiger charge is -2.23. The minimum Gasteiger partial charge on any atom is -0.334 e. The van der Waals surface area contributed by atoms with Gasteiger partial charge in [0.1, 0.15) is 0 Å². The Bertz CT molecular complexity index is 958. The van der Waals surface area contributed by atoms with Gasteiger partial charge in [0.25, 0.3) is 0 Å². The van der Waals surface area contributed by atoms with Crippen molar-refractivity contribution in [2.75, 3.05) is 11.9 Å². The minimum atomic E-state index is -3.51. The van der Waals surface area contributed by atoms with Gasteiger partial charge in [-0.2, -0.15) is 4.31 Å². The zero-order valence-corrected chi connectivity index (χ0v) is 15.4. The number of nitrogens with one attached hydrogen (secondary N) is 2. The van der Waals surface area contributed by atoms with Crippen LogP contribution in [0.15, 0.2) is 65.8 Å².